The highest BCUT2D eigenvalue weighted by molar-refractivity contribution is 5.68. The summed E-state index contributed by atoms with van der Waals surface area (Å²) >= 11 is 0. The summed E-state index contributed by atoms with van der Waals surface area (Å²) in [7, 11) is 0. The molecule has 0 saturated carbocycles. The molecule has 0 N–H and O–H groups in total. The Kier molecular flexibility index (Phi) is 4.58. The highest BCUT2D eigenvalue weighted by Gasteiger charge is 2.25. The molecule has 1 aromatic rings. The van der Waals surface area contributed by atoms with Crippen molar-refractivity contribution < 1.29 is 18.3 Å². The van der Waals surface area contributed by atoms with Crippen molar-refractivity contribution in [2.45, 2.75) is 6.92 Å². The molecule has 0 aromatic heterocycles. The standard InChI is InChI=1S/C14H15F2N3O2/c1-2-21-14(20)19-7-5-18(6-8-19)11-4-3-10(9-17)12(15)13(11)16/h3-4H,2,5-8H2,1H3. The fraction of sp³-hybridized carbons (Fsp3) is 0.429. The van der Waals surface area contributed by atoms with Gasteiger partial charge in [-0.3, -0.25) is 0 Å². The van der Waals surface area contributed by atoms with Crippen LogP contribution in [0, 0.1) is 23.0 Å². The maximum Gasteiger partial charge on any atom is 0.409 e. The van der Waals surface area contributed by atoms with Crippen LogP contribution < -0.4 is 4.90 Å². The SMILES string of the molecule is CCOC(=O)N1CCN(c2ccc(C#N)c(F)c2F)CC1. The van der Waals surface area contributed by atoms with Crippen molar-refractivity contribution in [3.05, 3.63) is 29.3 Å². The molecule has 0 spiro atoms. The van der Waals surface area contributed by atoms with Crippen LogP contribution in [0.4, 0.5) is 19.3 Å². The fourth-order valence-corrected chi connectivity index (χ4v) is 2.21. The topological polar surface area (TPSA) is 56.6 Å². The van der Waals surface area contributed by atoms with E-state index in [1.54, 1.807) is 17.9 Å². The molecule has 5 nitrogen and oxygen atoms in total. The van der Waals surface area contributed by atoms with Crippen molar-refractivity contribution in [3.8, 4) is 6.07 Å². The zero-order valence-electron chi connectivity index (χ0n) is 11.6. The number of nitriles is 1. The van der Waals surface area contributed by atoms with Crippen LogP contribution in [0.25, 0.3) is 0 Å². The van der Waals surface area contributed by atoms with Crippen LogP contribution in [0.2, 0.25) is 0 Å². The molecule has 2 rings (SSSR count). The molecule has 0 radical (unpaired) electrons. The first-order chi connectivity index (χ1) is 10.1. The molecule has 0 atom stereocenters. The lowest BCUT2D eigenvalue weighted by molar-refractivity contribution is 0.105. The Balaban J connectivity index is 2.08. The molecule has 0 unspecified atom stereocenters. The van der Waals surface area contributed by atoms with Gasteiger partial charge in [0, 0.05) is 26.2 Å². The predicted octanol–water partition coefficient (Wildman–Crippen LogP) is 2.11. The van der Waals surface area contributed by atoms with E-state index in [1.165, 1.54) is 17.0 Å². The first kappa shape index (κ1) is 15.0. The van der Waals surface area contributed by atoms with Crippen LogP contribution in [0.5, 0.6) is 0 Å². The molecule has 7 heteroatoms. The van der Waals surface area contributed by atoms with Crippen LogP contribution in [0.15, 0.2) is 12.1 Å². The summed E-state index contributed by atoms with van der Waals surface area (Å²) in [5.74, 6) is -2.17. The quantitative estimate of drug-likeness (QED) is 0.838. The Labute approximate surface area is 121 Å². The van der Waals surface area contributed by atoms with Gasteiger partial charge in [-0.2, -0.15) is 5.26 Å². The second kappa shape index (κ2) is 6.39. The summed E-state index contributed by atoms with van der Waals surface area (Å²) in [5, 5.41) is 8.66. The normalized spacial score (nSPS) is 14.8. The van der Waals surface area contributed by atoms with Crippen molar-refractivity contribution in [1.29, 1.82) is 5.26 Å². The third kappa shape index (κ3) is 3.05. The van der Waals surface area contributed by atoms with E-state index in [0.29, 0.717) is 32.8 Å². The summed E-state index contributed by atoms with van der Waals surface area (Å²) in [6, 6.07) is 4.24. The largest absolute Gasteiger partial charge is 0.450 e. The predicted molar refractivity (Wildman–Crippen MR) is 71.9 cm³/mol. The van der Waals surface area contributed by atoms with Gasteiger partial charge in [0.05, 0.1) is 17.9 Å². The van der Waals surface area contributed by atoms with Gasteiger partial charge in [0.1, 0.15) is 6.07 Å². The number of carbonyl (C=O) groups is 1. The lowest BCUT2D eigenvalue weighted by Crippen LogP contribution is -2.49. The van der Waals surface area contributed by atoms with Gasteiger partial charge < -0.3 is 14.5 Å². The van der Waals surface area contributed by atoms with Gasteiger partial charge in [-0.25, -0.2) is 13.6 Å². The number of rotatable bonds is 2. The highest BCUT2D eigenvalue weighted by atomic mass is 19.2. The monoisotopic (exact) mass is 295 g/mol. The van der Waals surface area contributed by atoms with Gasteiger partial charge in [0.25, 0.3) is 0 Å². The third-order valence-corrected chi connectivity index (χ3v) is 3.33. The van der Waals surface area contributed by atoms with Gasteiger partial charge in [-0.1, -0.05) is 0 Å². The van der Waals surface area contributed by atoms with E-state index in [9.17, 15) is 13.6 Å². The molecule has 21 heavy (non-hydrogen) atoms. The summed E-state index contributed by atoms with van der Waals surface area (Å²) in [6.07, 6.45) is -0.399. The number of hydrogen-bond acceptors (Lipinski definition) is 4. The van der Waals surface area contributed by atoms with Crippen molar-refractivity contribution in [1.82, 2.24) is 4.90 Å². The molecule has 0 bridgehead atoms. The van der Waals surface area contributed by atoms with Crippen molar-refractivity contribution in [2.24, 2.45) is 0 Å². The number of nitrogens with zero attached hydrogens (tertiary/aromatic N) is 3. The summed E-state index contributed by atoms with van der Waals surface area (Å²) in [5.41, 5.74) is -0.212. The molecule has 1 amide bonds. The fourth-order valence-electron chi connectivity index (χ4n) is 2.21. The lowest BCUT2D eigenvalue weighted by atomic mass is 10.1. The molecule has 1 fully saturated rings. The molecule has 0 aliphatic carbocycles. The first-order valence-electron chi connectivity index (χ1n) is 6.63. The molecule has 1 aliphatic rings. The van der Waals surface area contributed by atoms with Gasteiger partial charge >= 0.3 is 6.09 Å². The van der Waals surface area contributed by atoms with Crippen LogP contribution in [-0.2, 0) is 4.74 Å². The van der Waals surface area contributed by atoms with Crippen LogP contribution in [-0.4, -0.2) is 43.8 Å². The van der Waals surface area contributed by atoms with E-state index in [4.69, 9.17) is 10.00 Å². The molecular formula is C14H15F2N3O2. The Bertz CT molecular complexity index is 578. The minimum Gasteiger partial charge on any atom is -0.450 e. The third-order valence-electron chi connectivity index (χ3n) is 3.33. The maximum atomic E-state index is 13.9. The summed E-state index contributed by atoms with van der Waals surface area (Å²) < 4.78 is 32.4. The molecule has 1 saturated heterocycles. The minimum absolute atomic E-state index is 0.106. The molecule has 1 aromatic carbocycles. The lowest BCUT2D eigenvalue weighted by Gasteiger charge is -2.35. The smallest absolute Gasteiger partial charge is 0.409 e. The number of carbonyl (C=O) groups excluding carboxylic acids is 1. The number of hydrogen-bond donors (Lipinski definition) is 0. The van der Waals surface area contributed by atoms with Crippen LogP contribution in [0.3, 0.4) is 0 Å². The summed E-state index contributed by atoms with van der Waals surface area (Å²) in [6.45, 7) is 3.53. The van der Waals surface area contributed by atoms with Crippen LogP contribution in [0.1, 0.15) is 12.5 Å². The van der Waals surface area contributed by atoms with Crippen molar-refractivity contribution >= 4 is 11.8 Å². The zero-order valence-corrected chi connectivity index (χ0v) is 11.6. The Morgan fingerprint density at radius 2 is 1.95 bits per heavy atom. The molecular weight excluding hydrogens is 280 g/mol. The number of halogens is 2. The van der Waals surface area contributed by atoms with E-state index >= 15 is 0 Å². The molecule has 1 aliphatic heterocycles. The van der Waals surface area contributed by atoms with E-state index < -0.39 is 17.7 Å². The van der Waals surface area contributed by atoms with Crippen molar-refractivity contribution in [3.63, 3.8) is 0 Å². The van der Waals surface area contributed by atoms with E-state index in [1.807, 2.05) is 0 Å². The minimum atomic E-state index is -1.14. The zero-order chi connectivity index (χ0) is 15.4. The van der Waals surface area contributed by atoms with E-state index in [-0.39, 0.29) is 11.3 Å². The van der Waals surface area contributed by atoms with Gasteiger partial charge in [0.2, 0.25) is 0 Å². The second-order valence-corrected chi connectivity index (χ2v) is 4.55. The number of amides is 1. The summed E-state index contributed by atoms with van der Waals surface area (Å²) in [4.78, 5) is 14.7. The van der Waals surface area contributed by atoms with E-state index in [0.717, 1.165) is 0 Å². The average molecular weight is 295 g/mol. The number of benzene rings is 1. The number of ether oxygens (including phenoxy) is 1. The average Bonchev–Trinajstić information content (AvgIpc) is 2.50. The first-order valence-corrected chi connectivity index (χ1v) is 6.63. The van der Waals surface area contributed by atoms with Crippen LogP contribution >= 0.6 is 0 Å². The van der Waals surface area contributed by atoms with Gasteiger partial charge in [-0.15, -0.1) is 0 Å². The highest BCUT2D eigenvalue weighted by Crippen LogP contribution is 2.25. The van der Waals surface area contributed by atoms with Crippen molar-refractivity contribution in [2.75, 3.05) is 37.7 Å². The number of piperazine rings is 1. The molecule has 112 valence electrons. The molecule has 1 heterocycles. The number of anilines is 1. The Hall–Kier alpha value is -2.36. The van der Waals surface area contributed by atoms with Gasteiger partial charge in [-0.05, 0) is 19.1 Å². The Morgan fingerprint density at radius 1 is 1.29 bits per heavy atom. The second-order valence-electron chi connectivity index (χ2n) is 4.55. The van der Waals surface area contributed by atoms with Gasteiger partial charge in [0.15, 0.2) is 11.6 Å². The Morgan fingerprint density at radius 3 is 2.52 bits per heavy atom. The van der Waals surface area contributed by atoms with E-state index in [2.05, 4.69) is 0 Å². The maximum absolute atomic E-state index is 13.9.